The molecule has 5 heteroatoms. The van der Waals surface area contributed by atoms with Crippen molar-refractivity contribution in [1.82, 2.24) is 15.5 Å². The van der Waals surface area contributed by atoms with Crippen LogP contribution in [0.15, 0.2) is 27.7 Å². The largest absolute Gasteiger partial charge is 0.354 e. The first-order valence-corrected chi connectivity index (χ1v) is 9.36. The van der Waals surface area contributed by atoms with E-state index in [-0.39, 0.29) is 0 Å². The molecule has 2 rings (SSSR count). The van der Waals surface area contributed by atoms with Crippen molar-refractivity contribution in [2.24, 2.45) is 4.99 Å². The lowest BCUT2D eigenvalue weighted by atomic mass is 10.1. The number of guanidine groups is 1. The number of hydrogen-bond acceptors (Lipinski definition) is 2. The highest BCUT2D eigenvalue weighted by Gasteiger charge is 2.19. The van der Waals surface area contributed by atoms with E-state index in [9.17, 15) is 0 Å². The Morgan fingerprint density at radius 1 is 1.35 bits per heavy atom. The molecule has 0 aromatic heterocycles. The van der Waals surface area contributed by atoms with Gasteiger partial charge in [0.25, 0.3) is 0 Å². The Kier molecular flexibility index (Phi) is 7.37. The van der Waals surface area contributed by atoms with Crippen LogP contribution in [0.2, 0.25) is 0 Å². The van der Waals surface area contributed by atoms with Gasteiger partial charge in [0, 0.05) is 37.2 Å². The van der Waals surface area contributed by atoms with E-state index < -0.39 is 0 Å². The van der Waals surface area contributed by atoms with E-state index in [1.807, 2.05) is 7.05 Å². The van der Waals surface area contributed by atoms with Crippen LogP contribution in [0, 0.1) is 6.92 Å². The molecule has 0 radical (unpaired) electrons. The number of nitrogens with one attached hydrogen (secondary N) is 2. The van der Waals surface area contributed by atoms with Crippen LogP contribution in [-0.2, 0) is 6.54 Å². The van der Waals surface area contributed by atoms with Crippen molar-refractivity contribution >= 4 is 21.9 Å². The third kappa shape index (κ3) is 5.81. The van der Waals surface area contributed by atoms with E-state index in [4.69, 9.17) is 0 Å². The molecule has 1 fully saturated rings. The number of benzene rings is 1. The smallest absolute Gasteiger partial charge is 0.191 e. The van der Waals surface area contributed by atoms with Gasteiger partial charge in [0.2, 0.25) is 0 Å². The van der Waals surface area contributed by atoms with Crippen molar-refractivity contribution in [3.05, 3.63) is 33.8 Å². The Labute approximate surface area is 148 Å². The zero-order valence-corrected chi connectivity index (χ0v) is 16.1. The van der Waals surface area contributed by atoms with Crippen LogP contribution in [0.25, 0.3) is 0 Å². The van der Waals surface area contributed by atoms with Crippen LogP contribution in [0.1, 0.15) is 37.3 Å². The number of aliphatic imine (C=N–C) groups is 1. The summed E-state index contributed by atoms with van der Waals surface area (Å²) >= 11 is 3.51. The fourth-order valence-electron chi connectivity index (χ4n) is 3.04. The van der Waals surface area contributed by atoms with Crippen LogP contribution in [0.5, 0.6) is 0 Å². The molecule has 23 heavy (non-hydrogen) atoms. The van der Waals surface area contributed by atoms with Gasteiger partial charge in [-0.1, -0.05) is 28.9 Å². The van der Waals surface area contributed by atoms with Crippen molar-refractivity contribution in [2.45, 2.75) is 45.7 Å². The number of piperidine rings is 1. The van der Waals surface area contributed by atoms with Crippen molar-refractivity contribution in [3.8, 4) is 0 Å². The summed E-state index contributed by atoms with van der Waals surface area (Å²) in [5.74, 6) is 0.904. The van der Waals surface area contributed by atoms with Crippen LogP contribution in [0.3, 0.4) is 0 Å². The van der Waals surface area contributed by atoms with Gasteiger partial charge in [0.05, 0.1) is 0 Å². The Morgan fingerprint density at radius 2 is 2.09 bits per heavy atom. The van der Waals surface area contributed by atoms with Crippen LogP contribution in [-0.4, -0.2) is 43.6 Å². The second-order valence-electron chi connectivity index (χ2n) is 6.26. The van der Waals surface area contributed by atoms with Gasteiger partial charge in [-0.25, -0.2) is 0 Å². The molecule has 0 bridgehead atoms. The molecule has 128 valence electrons. The zero-order valence-electron chi connectivity index (χ0n) is 14.5. The maximum absolute atomic E-state index is 4.37. The second-order valence-corrected chi connectivity index (χ2v) is 7.17. The fraction of sp³-hybridized carbons (Fsp3) is 0.611. The van der Waals surface area contributed by atoms with E-state index in [1.54, 1.807) is 0 Å². The summed E-state index contributed by atoms with van der Waals surface area (Å²) in [5.41, 5.74) is 2.59. The van der Waals surface area contributed by atoms with Crippen LogP contribution in [0.4, 0.5) is 0 Å². The van der Waals surface area contributed by atoms with E-state index in [2.05, 4.69) is 68.5 Å². The summed E-state index contributed by atoms with van der Waals surface area (Å²) in [5, 5.41) is 7.01. The number of halogens is 1. The molecule has 2 N–H and O–H groups in total. The Balaban J connectivity index is 1.80. The minimum atomic E-state index is 0.528. The highest BCUT2D eigenvalue weighted by Crippen LogP contribution is 2.15. The molecule has 0 atom stereocenters. The Morgan fingerprint density at radius 3 is 2.70 bits per heavy atom. The van der Waals surface area contributed by atoms with E-state index in [0.717, 1.165) is 17.0 Å². The topological polar surface area (TPSA) is 39.7 Å². The highest BCUT2D eigenvalue weighted by molar-refractivity contribution is 9.10. The van der Waals surface area contributed by atoms with Crippen LogP contribution >= 0.6 is 15.9 Å². The molecule has 1 aliphatic heterocycles. The van der Waals surface area contributed by atoms with Gasteiger partial charge in [-0.05, 0) is 56.0 Å². The quantitative estimate of drug-likeness (QED) is 0.607. The molecule has 0 amide bonds. The van der Waals surface area contributed by atoms with Gasteiger partial charge in [-0.15, -0.1) is 0 Å². The first-order valence-electron chi connectivity index (χ1n) is 8.57. The van der Waals surface area contributed by atoms with Crippen molar-refractivity contribution < 1.29 is 0 Å². The zero-order chi connectivity index (χ0) is 16.7. The third-order valence-corrected chi connectivity index (χ3v) is 4.94. The number of likely N-dealkylation sites (tertiary alicyclic amines) is 1. The van der Waals surface area contributed by atoms with Crippen molar-refractivity contribution in [2.75, 3.05) is 26.7 Å². The number of nitrogens with zero attached hydrogens (tertiary/aromatic N) is 2. The summed E-state index contributed by atoms with van der Waals surface area (Å²) in [4.78, 5) is 6.93. The van der Waals surface area contributed by atoms with Crippen LogP contribution < -0.4 is 10.6 Å². The lowest BCUT2D eigenvalue weighted by Crippen LogP contribution is -2.48. The molecule has 0 saturated carbocycles. The fourth-order valence-corrected chi connectivity index (χ4v) is 3.52. The predicted octanol–water partition coefficient (Wildman–Crippen LogP) is 3.30. The van der Waals surface area contributed by atoms with E-state index in [0.29, 0.717) is 6.04 Å². The third-order valence-electron chi connectivity index (χ3n) is 4.44. The molecule has 0 unspecified atom stereocenters. The number of rotatable bonds is 5. The highest BCUT2D eigenvalue weighted by atomic mass is 79.9. The normalized spacial score (nSPS) is 17.3. The molecule has 1 aliphatic rings. The van der Waals surface area contributed by atoms with Crippen molar-refractivity contribution in [3.63, 3.8) is 0 Å². The molecular formula is C18H29BrN4. The van der Waals surface area contributed by atoms with E-state index >= 15 is 0 Å². The van der Waals surface area contributed by atoms with Gasteiger partial charge < -0.3 is 15.5 Å². The van der Waals surface area contributed by atoms with Crippen molar-refractivity contribution in [1.29, 1.82) is 0 Å². The Bertz CT molecular complexity index is 522. The van der Waals surface area contributed by atoms with Gasteiger partial charge in [0.1, 0.15) is 0 Å². The van der Waals surface area contributed by atoms with Gasteiger partial charge in [0.15, 0.2) is 5.96 Å². The lowest BCUT2D eigenvalue weighted by molar-refractivity contribution is 0.206. The number of aryl methyl sites for hydroxylation is 1. The molecule has 0 aliphatic carbocycles. The molecule has 0 spiro atoms. The molecular weight excluding hydrogens is 352 g/mol. The summed E-state index contributed by atoms with van der Waals surface area (Å²) < 4.78 is 1.13. The average Bonchev–Trinajstić information content (AvgIpc) is 2.54. The van der Waals surface area contributed by atoms with Gasteiger partial charge >= 0.3 is 0 Å². The van der Waals surface area contributed by atoms with E-state index in [1.165, 1.54) is 50.0 Å². The van der Waals surface area contributed by atoms with Gasteiger partial charge in [-0.3, -0.25) is 4.99 Å². The lowest BCUT2D eigenvalue weighted by Gasteiger charge is -2.32. The number of hydrogen-bond donors (Lipinski definition) is 2. The first kappa shape index (κ1) is 18.3. The summed E-state index contributed by atoms with van der Waals surface area (Å²) in [6.45, 7) is 8.79. The second kappa shape index (κ2) is 9.28. The minimum absolute atomic E-state index is 0.528. The monoisotopic (exact) mass is 380 g/mol. The summed E-state index contributed by atoms with van der Waals surface area (Å²) in [6.07, 6.45) is 3.63. The maximum Gasteiger partial charge on any atom is 0.191 e. The standard InChI is InChI=1S/C18H29BrN4/c1-4-9-23-10-7-17(8-11-23)22-18(20-3)21-13-15-5-6-16(19)12-14(15)2/h5-6,12,17H,4,7-11,13H2,1-3H3,(H2,20,21,22). The summed E-state index contributed by atoms with van der Waals surface area (Å²) in [6, 6.07) is 6.92. The molecule has 1 heterocycles. The molecule has 1 aromatic carbocycles. The maximum atomic E-state index is 4.37. The molecule has 1 saturated heterocycles. The predicted molar refractivity (Wildman–Crippen MR) is 102 cm³/mol. The SMILES string of the molecule is CCCN1CCC(NC(=NC)NCc2ccc(Br)cc2C)CC1. The first-order chi connectivity index (χ1) is 11.1. The molecule has 4 nitrogen and oxygen atoms in total. The minimum Gasteiger partial charge on any atom is -0.354 e. The average molecular weight is 381 g/mol. The molecule has 1 aromatic rings. The van der Waals surface area contributed by atoms with Gasteiger partial charge in [-0.2, -0.15) is 0 Å². The summed E-state index contributed by atoms with van der Waals surface area (Å²) in [7, 11) is 1.84. The Hall–Kier alpha value is -1.07.